The molecule has 2 aromatic carbocycles. The zero-order valence-corrected chi connectivity index (χ0v) is 12.8. The molecule has 3 rings (SSSR count). The third-order valence-corrected chi connectivity index (χ3v) is 3.97. The standard InChI is InChI=1S/C16H12FIN2/c17-13-4-6-16(14(18)9-13)20-10-11-3-5-15-12(8-11)2-1-7-19-15/h1-9,20H,10H2. The second-order valence-corrected chi connectivity index (χ2v) is 5.67. The minimum atomic E-state index is -0.211. The predicted molar refractivity (Wildman–Crippen MR) is 88.2 cm³/mol. The van der Waals surface area contributed by atoms with E-state index in [1.54, 1.807) is 12.3 Å². The maximum atomic E-state index is 13.0. The lowest BCUT2D eigenvalue weighted by Gasteiger charge is -2.09. The molecule has 0 saturated heterocycles. The predicted octanol–water partition coefficient (Wildman–Crippen LogP) is 4.59. The Morgan fingerprint density at radius 1 is 1.10 bits per heavy atom. The molecule has 0 aliphatic rings. The smallest absolute Gasteiger partial charge is 0.124 e. The van der Waals surface area contributed by atoms with Crippen LogP contribution in [0.5, 0.6) is 0 Å². The summed E-state index contributed by atoms with van der Waals surface area (Å²) < 4.78 is 13.9. The van der Waals surface area contributed by atoms with Gasteiger partial charge in [0.1, 0.15) is 5.82 Å². The lowest BCUT2D eigenvalue weighted by molar-refractivity contribution is 0.627. The minimum Gasteiger partial charge on any atom is -0.380 e. The van der Waals surface area contributed by atoms with Crippen LogP contribution >= 0.6 is 22.6 Å². The number of aromatic nitrogens is 1. The van der Waals surface area contributed by atoms with Crippen molar-refractivity contribution < 1.29 is 4.39 Å². The fourth-order valence-corrected chi connectivity index (χ4v) is 2.73. The zero-order valence-electron chi connectivity index (χ0n) is 10.6. The molecule has 0 fully saturated rings. The van der Waals surface area contributed by atoms with E-state index < -0.39 is 0 Å². The van der Waals surface area contributed by atoms with E-state index in [0.29, 0.717) is 6.54 Å². The molecule has 0 bridgehead atoms. The molecular weight excluding hydrogens is 366 g/mol. The van der Waals surface area contributed by atoms with Crippen LogP contribution in [0.4, 0.5) is 10.1 Å². The molecule has 0 aliphatic heterocycles. The van der Waals surface area contributed by atoms with Gasteiger partial charge in [0.15, 0.2) is 0 Å². The summed E-state index contributed by atoms with van der Waals surface area (Å²) in [7, 11) is 0. The fourth-order valence-electron chi connectivity index (χ4n) is 2.07. The average Bonchev–Trinajstić information content (AvgIpc) is 2.46. The number of hydrogen-bond acceptors (Lipinski definition) is 2. The van der Waals surface area contributed by atoms with Crippen LogP contribution in [-0.2, 0) is 6.54 Å². The van der Waals surface area contributed by atoms with Gasteiger partial charge in [0, 0.05) is 27.4 Å². The number of fused-ring (bicyclic) bond motifs is 1. The Morgan fingerprint density at radius 2 is 2.00 bits per heavy atom. The van der Waals surface area contributed by atoms with Crippen LogP contribution in [0.25, 0.3) is 10.9 Å². The van der Waals surface area contributed by atoms with E-state index in [4.69, 9.17) is 0 Å². The molecule has 20 heavy (non-hydrogen) atoms. The van der Waals surface area contributed by atoms with Gasteiger partial charge in [-0.15, -0.1) is 0 Å². The molecule has 1 aromatic heterocycles. The summed E-state index contributed by atoms with van der Waals surface area (Å²) in [6.07, 6.45) is 1.79. The first-order chi connectivity index (χ1) is 9.72. The van der Waals surface area contributed by atoms with Gasteiger partial charge in [-0.3, -0.25) is 4.98 Å². The Morgan fingerprint density at radius 3 is 2.85 bits per heavy atom. The summed E-state index contributed by atoms with van der Waals surface area (Å²) in [6, 6.07) is 14.9. The van der Waals surface area contributed by atoms with Crippen molar-refractivity contribution in [2.45, 2.75) is 6.54 Å². The normalized spacial score (nSPS) is 10.7. The highest BCUT2D eigenvalue weighted by molar-refractivity contribution is 14.1. The van der Waals surface area contributed by atoms with Crippen molar-refractivity contribution in [2.75, 3.05) is 5.32 Å². The summed E-state index contributed by atoms with van der Waals surface area (Å²) in [5.41, 5.74) is 3.11. The first-order valence-corrected chi connectivity index (χ1v) is 7.33. The van der Waals surface area contributed by atoms with E-state index in [1.165, 1.54) is 17.7 Å². The minimum absolute atomic E-state index is 0.211. The van der Waals surface area contributed by atoms with E-state index in [0.717, 1.165) is 20.2 Å². The summed E-state index contributed by atoms with van der Waals surface area (Å²) in [4.78, 5) is 4.30. The quantitative estimate of drug-likeness (QED) is 0.675. The van der Waals surface area contributed by atoms with Crippen molar-refractivity contribution in [3.8, 4) is 0 Å². The van der Waals surface area contributed by atoms with E-state index in [1.807, 2.05) is 18.2 Å². The maximum Gasteiger partial charge on any atom is 0.124 e. The van der Waals surface area contributed by atoms with E-state index in [-0.39, 0.29) is 5.82 Å². The molecule has 100 valence electrons. The van der Waals surface area contributed by atoms with Crippen molar-refractivity contribution >= 4 is 39.2 Å². The lowest BCUT2D eigenvalue weighted by Crippen LogP contribution is -2.01. The molecule has 4 heteroatoms. The average molecular weight is 378 g/mol. The van der Waals surface area contributed by atoms with Gasteiger partial charge in [-0.2, -0.15) is 0 Å². The zero-order chi connectivity index (χ0) is 13.9. The topological polar surface area (TPSA) is 24.9 Å². The van der Waals surface area contributed by atoms with Crippen LogP contribution in [0.2, 0.25) is 0 Å². The molecule has 1 N–H and O–H groups in total. The van der Waals surface area contributed by atoms with Crippen molar-refractivity contribution in [2.24, 2.45) is 0 Å². The molecular formula is C16H12FIN2. The van der Waals surface area contributed by atoms with Crippen molar-refractivity contribution in [3.63, 3.8) is 0 Å². The number of nitrogens with one attached hydrogen (secondary N) is 1. The second kappa shape index (κ2) is 5.75. The Kier molecular flexibility index (Phi) is 3.82. The third kappa shape index (κ3) is 2.90. The molecule has 0 unspecified atom stereocenters. The largest absolute Gasteiger partial charge is 0.380 e. The molecule has 0 aliphatic carbocycles. The lowest BCUT2D eigenvalue weighted by atomic mass is 10.1. The number of benzene rings is 2. The van der Waals surface area contributed by atoms with E-state index >= 15 is 0 Å². The van der Waals surface area contributed by atoms with Crippen LogP contribution in [0.1, 0.15) is 5.56 Å². The second-order valence-electron chi connectivity index (χ2n) is 4.51. The van der Waals surface area contributed by atoms with Gasteiger partial charge in [-0.25, -0.2) is 4.39 Å². The number of pyridine rings is 1. The maximum absolute atomic E-state index is 13.0. The summed E-state index contributed by atoms with van der Waals surface area (Å²) in [6.45, 7) is 0.701. The van der Waals surface area contributed by atoms with Gasteiger partial charge >= 0.3 is 0 Å². The monoisotopic (exact) mass is 378 g/mol. The van der Waals surface area contributed by atoms with E-state index in [2.05, 4.69) is 45.0 Å². The molecule has 0 atom stereocenters. The summed E-state index contributed by atoms with van der Waals surface area (Å²) >= 11 is 2.13. The Labute approximate surface area is 130 Å². The van der Waals surface area contributed by atoms with Crippen LogP contribution < -0.4 is 5.32 Å². The van der Waals surface area contributed by atoms with Crippen molar-refractivity contribution in [3.05, 3.63) is 69.7 Å². The number of rotatable bonds is 3. The molecule has 3 aromatic rings. The molecule has 0 spiro atoms. The molecule has 0 saturated carbocycles. The number of hydrogen-bond donors (Lipinski definition) is 1. The Hall–Kier alpha value is -1.69. The van der Waals surface area contributed by atoms with Crippen LogP contribution in [-0.4, -0.2) is 4.98 Å². The third-order valence-electron chi connectivity index (χ3n) is 3.08. The highest BCUT2D eigenvalue weighted by Crippen LogP contribution is 2.20. The van der Waals surface area contributed by atoms with Crippen LogP contribution in [0.3, 0.4) is 0 Å². The molecule has 0 amide bonds. The van der Waals surface area contributed by atoms with Crippen LogP contribution in [0, 0.1) is 9.39 Å². The summed E-state index contributed by atoms with van der Waals surface area (Å²) in [5.74, 6) is -0.211. The Bertz CT molecular complexity index is 758. The molecule has 0 radical (unpaired) electrons. The number of anilines is 1. The number of nitrogens with zero attached hydrogens (tertiary/aromatic N) is 1. The molecule has 2 nitrogen and oxygen atoms in total. The van der Waals surface area contributed by atoms with Gasteiger partial charge in [0.05, 0.1) is 5.52 Å². The summed E-state index contributed by atoms with van der Waals surface area (Å²) in [5, 5.41) is 4.45. The SMILES string of the molecule is Fc1ccc(NCc2ccc3ncccc3c2)c(I)c1. The number of halogens is 2. The first kappa shape index (κ1) is 13.3. The van der Waals surface area contributed by atoms with Gasteiger partial charge in [-0.05, 0) is 64.6 Å². The highest BCUT2D eigenvalue weighted by atomic mass is 127. The van der Waals surface area contributed by atoms with Gasteiger partial charge in [0.2, 0.25) is 0 Å². The molecule has 1 heterocycles. The highest BCUT2D eigenvalue weighted by Gasteiger charge is 2.02. The first-order valence-electron chi connectivity index (χ1n) is 6.25. The Balaban J connectivity index is 1.79. The van der Waals surface area contributed by atoms with Gasteiger partial charge in [0.25, 0.3) is 0 Å². The van der Waals surface area contributed by atoms with Crippen molar-refractivity contribution in [1.82, 2.24) is 4.98 Å². The fraction of sp³-hybridized carbons (Fsp3) is 0.0625. The van der Waals surface area contributed by atoms with E-state index in [9.17, 15) is 4.39 Å². The van der Waals surface area contributed by atoms with Crippen molar-refractivity contribution in [1.29, 1.82) is 0 Å². The van der Waals surface area contributed by atoms with Gasteiger partial charge in [-0.1, -0.05) is 12.1 Å². The van der Waals surface area contributed by atoms with Crippen LogP contribution in [0.15, 0.2) is 54.7 Å². The van der Waals surface area contributed by atoms with Gasteiger partial charge < -0.3 is 5.32 Å².